The molecule has 2 aliphatic rings. The highest BCUT2D eigenvalue weighted by Crippen LogP contribution is 2.27. The Labute approximate surface area is 136 Å². The molecule has 1 saturated carbocycles. The molecule has 0 unspecified atom stereocenters. The fourth-order valence-corrected chi connectivity index (χ4v) is 3.81. The van der Waals surface area contributed by atoms with E-state index in [0.717, 1.165) is 25.9 Å². The number of piperidine rings is 1. The summed E-state index contributed by atoms with van der Waals surface area (Å²) < 4.78 is 1.65. The SMILES string of the molecule is Cn1cncc1C(=O)N[C@@H]1CC[C@H](O)[C@@H](N2CCCCC2)[C@@H]1O. The molecule has 0 aromatic carbocycles. The summed E-state index contributed by atoms with van der Waals surface area (Å²) in [5.74, 6) is -0.233. The highest BCUT2D eigenvalue weighted by Gasteiger charge is 2.42. The molecule has 2 fully saturated rings. The Morgan fingerprint density at radius 1 is 1.26 bits per heavy atom. The minimum absolute atomic E-state index is 0.233. The Kier molecular flexibility index (Phi) is 4.99. The van der Waals surface area contributed by atoms with Crippen LogP contribution < -0.4 is 5.32 Å². The molecule has 7 nitrogen and oxygen atoms in total. The molecular formula is C16H26N4O3. The van der Waals surface area contributed by atoms with Crippen LogP contribution in [0.15, 0.2) is 12.5 Å². The summed E-state index contributed by atoms with van der Waals surface area (Å²) in [6.07, 6.45) is 6.38. The maximum Gasteiger partial charge on any atom is 0.269 e. The van der Waals surface area contributed by atoms with Crippen molar-refractivity contribution in [1.82, 2.24) is 19.8 Å². The van der Waals surface area contributed by atoms with Gasteiger partial charge in [-0.2, -0.15) is 0 Å². The van der Waals surface area contributed by atoms with Gasteiger partial charge >= 0.3 is 0 Å². The van der Waals surface area contributed by atoms with Crippen LogP contribution >= 0.6 is 0 Å². The van der Waals surface area contributed by atoms with Crippen molar-refractivity contribution in [2.75, 3.05) is 13.1 Å². The van der Waals surface area contributed by atoms with E-state index in [2.05, 4.69) is 15.2 Å². The molecule has 23 heavy (non-hydrogen) atoms. The van der Waals surface area contributed by atoms with Crippen molar-refractivity contribution in [3.63, 3.8) is 0 Å². The van der Waals surface area contributed by atoms with E-state index in [1.807, 2.05) is 0 Å². The first kappa shape index (κ1) is 16.4. The minimum atomic E-state index is -0.756. The number of likely N-dealkylation sites (tertiary alicyclic amines) is 1. The molecule has 128 valence electrons. The Balaban J connectivity index is 1.68. The average Bonchev–Trinajstić information content (AvgIpc) is 2.97. The van der Waals surface area contributed by atoms with Crippen LogP contribution in [0.4, 0.5) is 0 Å². The van der Waals surface area contributed by atoms with Crippen molar-refractivity contribution < 1.29 is 15.0 Å². The summed E-state index contributed by atoms with van der Waals surface area (Å²) in [6, 6.07) is -0.631. The van der Waals surface area contributed by atoms with Gasteiger partial charge in [-0.1, -0.05) is 6.42 Å². The highest BCUT2D eigenvalue weighted by atomic mass is 16.3. The number of rotatable bonds is 3. The van der Waals surface area contributed by atoms with Crippen molar-refractivity contribution in [1.29, 1.82) is 0 Å². The first-order valence-electron chi connectivity index (χ1n) is 8.45. The van der Waals surface area contributed by atoms with Crippen LogP contribution in [0.3, 0.4) is 0 Å². The number of aryl methyl sites for hydroxylation is 1. The summed E-state index contributed by atoms with van der Waals surface area (Å²) in [5.41, 5.74) is 0.470. The van der Waals surface area contributed by atoms with Gasteiger partial charge in [-0.3, -0.25) is 9.69 Å². The van der Waals surface area contributed by atoms with Crippen LogP contribution in [0.1, 0.15) is 42.6 Å². The van der Waals surface area contributed by atoms with E-state index in [1.165, 1.54) is 12.6 Å². The van der Waals surface area contributed by atoms with Gasteiger partial charge in [-0.05, 0) is 38.8 Å². The molecule has 1 amide bonds. The van der Waals surface area contributed by atoms with Gasteiger partial charge in [0.25, 0.3) is 5.91 Å². The first-order chi connectivity index (χ1) is 11.1. The number of nitrogens with zero attached hydrogens (tertiary/aromatic N) is 3. The maximum absolute atomic E-state index is 12.3. The topological polar surface area (TPSA) is 90.6 Å². The van der Waals surface area contributed by atoms with E-state index in [4.69, 9.17) is 0 Å². The molecular weight excluding hydrogens is 296 g/mol. The Morgan fingerprint density at radius 2 is 2.00 bits per heavy atom. The van der Waals surface area contributed by atoms with E-state index >= 15 is 0 Å². The third kappa shape index (κ3) is 3.41. The standard InChI is InChI=1S/C16H26N4O3/c1-19-10-17-9-12(19)16(23)18-11-5-6-13(21)14(15(11)22)20-7-3-2-4-8-20/h9-11,13-15,21-22H,2-8H2,1H3,(H,18,23)/t11-,13+,14-,15-/m1/s1. The largest absolute Gasteiger partial charge is 0.391 e. The highest BCUT2D eigenvalue weighted by molar-refractivity contribution is 5.92. The zero-order chi connectivity index (χ0) is 16.4. The van der Waals surface area contributed by atoms with Crippen LogP contribution in [0, 0.1) is 0 Å². The molecule has 3 N–H and O–H groups in total. The predicted molar refractivity (Wildman–Crippen MR) is 84.9 cm³/mol. The van der Waals surface area contributed by atoms with Gasteiger partial charge in [0, 0.05) is 7.05 Å². The zero-order valence-corrected chi connectivity index (χ0v) is 13.6. The van der Waals surface area contributed by atoms with Gasteiger partial charge in [0.1, 0.15) is 5.69 Å². The number of hydrogen-bond donors (Lipinski definition) is 3. The summed E-state index contributed by atoms with van der Waals surface area (Å²) in [6.45, 7) is 1.81. The molecule has 1 aromatic heterocycles. The fraction of sp³-hybridized carbons (Fsp3) is 0.750. The number of aliphatic hydroxyl groups is 2. The number of carbonyl (C=O) groups is 1. The molecule has 0 spiro atoms. The molecule has 1 saturated heterocycles. The Bertz CT molecular complexity index is 541. The average molecular weight is 322 g/mol. The second kappa shape index (κ2) is 6.98. The lowest BCUT2D eigenvalue weighted by molar-refractivity contribution is -0.0743. The predicted octanol–water partition coefficient (Wildman–Crippen LogP) is -0.111. The third-order valence-corrected chi connectivity index (χ3v) is 5.11. The molecule has 1 aliphatic carbocycles. The van der Waals surface area contributed by atoms with Gasteiger partial charge in [0.05, 0.1) is 36.8 Å². The number of nitrogens with one attached hydrogen (secondary N) is 1. The molecule has 1 aliphatic heterocycles. The Hall–Kier alpha value is -1.44. The van der Waals surface area contributed by atoms with Crippen molar-refractivity contribution in [2.45, 2.75) is 56.4 Å². The number of imidazole rings is 1. The summed E-state index contributed by atoms with van der Waals surface area (Å²) >= 11 is 0. The van der Waals surface area contributed by atoms with Gasteiger partial charge < -0.3 is 20.1 Å². The molecule has 7 heteroatoms. The van der Waals surface area contributed by atoms with Gasteiger partial charge in [0.2, 0.25) is 0 Å². The lowest BCUT2D eigenvalue weighted by atomic mass is 9.84. The maximum atomic E-state index is 12.3. The van der Waals surface area contributed by atoms with Crippen molar-refractivity contribution >= 4 is 5.91 Å². The third-order valence-electron chi connectivity index (χ3n) is 5.11. The first-order valence-corrected chi connectivity index (χ1v) is 8.45. The lowest BCUT2D eigenvalue weighted by Crippen LogP contribution is -2.62. The molecule has 3 rings (SSSR count). The van der Waals surface area contributed by atoms with Crippen molar-refractivity contribution in [3.05, 3.63) is 18.2 Å². The second-order valence-corrected chi connectivity index (χ2v) is 6.69. The summed E-state index contributed by atoms with van der Waals surface area (Å²) in [5, 5.41) is 24.0. The second-order valence-electron chi connectivity index (χ2n) is 6.69. The van der Waals surface area contributed by atoms with E-state index in [0.29, 0.717) is 18.5 Å². The normalized spacial score (nSPS) is 32.7. The van der Waals surface area contributed by atoms with Crippen LogP contribution in [-0.2, 0) is 7.05 Å². The summed E-state index contributed by atoms with van der Waals surface area (Å²) in [7, 11) is 1.76. The lowest BCUT2D eigenvalue weighted by Gasteiger charge is -2.45. The Morgan fingerprint density at radius 3 is 2.65 bits per heavy atom. The molecule has 4 atom stereocenters. The van der Waals surface area contributed by atoms with E-state index in [9.17, 15) is 15.0 Å². The number of carbonyl (C=O) groups excluding carboxylic acids is 1. The number of amides is 1. The smallest absolute Gasteiger partial charge is 0.269 e. The number of hydrogen-bond acceptors (Lipinski definition) is 5. The van der Waals surface area contributed by atoms with Crippen LogP contribution in [0.25, 0.3) is 0 Å². The molecule has 0 radical (unpaired) electrons. The van der Waals surface area contributed by atoms with Gasteiger partial charge in [-0.25, -0.2) is 4.98 Å². The summed E-state index contributed by atoms with van der Waals surface area (Å²) in [4.78, 5) is 18.5. The van der Waals surface area contributed by atoms with E-state index < -0.39 is 12.2 Å². The quantitative estimate of drug-likeness (QED) is 0.722. The van der Waals surface area contributed by atoms with Crippen LogP contribution in [-0.4, -0.2) is 68.0 Å². The van der Waals surface area contributed by atoms with Crippen LogP contribution in [0.2, 0.25) is 0 Å². The molecule has 1 aromatic rings. The van der Waals surface area contributed by atoms with Crippen LogP contribution in [0.5, 0.6) is 0 Å². The van der Waals surface area contributed by atoms with Gasteiger partial charge in [-0.15, -0.1) is 0 Å². The molecule has 2 heterocycles. The van der Waals surface area contributed by atoms with Crippen molar-refractivity contribution in [2.24, 2.45) is 7.05 Å². The zero-order valence-electron chi connectivity index (χ0n) is 13.6. The minimum Gasteiger partial charge on any atom is -0.391 e. The fourth-order valence-electron chi connectivity index (χ4n) is 3.81. The number of aromatic nitrogens is 2. The van der Waals surface area contributed by atoms with E-state index in [-0.39, 0.29) is 18.0 Å². The monoisotopic (exact) mass is 322 g/mol. The number of aliphatic hydroxyl groups excluding tert-OH is 2. The molecule has 0 bridgehead atoms. The van der Waals surface area contributed by atoms with Gasteiger partial charge in [0.15, 0.2) is 0 Å². The van der Waals surface area contributed by atoms with Crippen molar-refractivity contribution in [3.8, 4) is 0 Å². The van der Waals surface area contributed by atoms with E-state index in [1.54, 1.807) is 17.9 Å².